The van der Waals surface area contributed by atoms with Crippen molar-refractivity contribution in [3.05, 3.63) is 45.5 Å². The van der Waals surface area contributed by atoms with E-state index >= 15 is 0 Å². The van der Waals surface area contributed by atoms with Crippen LogP contribution in [-0.4, -0.2) is 46.5 Å². The van der Waals surface area contributed by atoms with Crippen LogP contribution in [0.4, 0.5) is 0 Å². The highest BCUT2D eigenvalue weighted by Crippen LogP contribution is 2.26. The summed E-state index contributed by atoms with van der Waals surface area (Å²) in [4.78, 5) is 30.2. The van der Waals surface area contributed by atoms with E-state index in [4.69, 9.17) is 4.52 Å². The molecular formula is C16H18BrClN4O3. The molecule has 25 heavy (non-hydrogen) atoms. The number of carbonyl (C=O) groups excluding carboxylic acids is 2. The molecule has 0 aliphatic carbocycles. The molecule has 0 saturated carbocycles. The first-order valence-corrected chi connectivity index (χ1v) is 8.43. The number of halogens is 2. The lowest BCUT2D eigenvalue weighted by atomic mass is 10.1. The van der Waals surface area contributed by atoms with E-state index in [1.165, 1.54) is 4.90 Å². The summed E-state index contributed by atoms with van der Waals surface area (Å²) in [6.07, 6.45) is 0.995. The molecule has 9 heteroatoms. The summed E-state index contributed by atoms with van der Waals surface area (Å²) in [6.45, 7) is 2.24. The summed E-state index contributed by atoms with van der Waals surface area (Å²) >= 11 is 3.32. The number of nitrogens with zero attached hydrogens (tertiary/aromatic N) is 3. The van der Waals surface area contributed by atoms with Crippen LogP contribution >= 0.6 is 28.3 Å². The molecule has 2 heterocycles. The van der Waals surface area contributed by atoms with E-state index in [0.717, 1.165) is 4.47 Å². The van der Waals surface area contributed by atoms with Gasteiger partial charge in [0.2, 0.25) is 5.89 Å². The zero-order valence-electron chi connectivity index (χ0n) is 13.8. The lowest BCUT2D eigenvalue weighted by Crippen LogP contribution is -2.31. The number of aromatic nitrogens is 2. The maximum Gasteiger partial charge on any atom is 0.261 e. The van der Waals surface area contributed by atoms with Crippen molar-refractivity contribution in [1.82, 2.24) is 20.4 Å². The molecule has 1 N–H and O–H groups in total. The third-order valence-corrected chi connectivity index (χ3v) is 4.47. The highest BCUT2D eigenvalue weighted by atomic mass is 79.9. The van der Waals surface area contributed by atoms with E-state index < -0.39 is 0 Å². The minimum Gasteiger partial charge on any atom is -0.339 e. The first-order valence-electron chi connectivity index (χ1n) is 7.64. The Morgan fingerprint density at radius 1 is 1.28 bits per heavy atom. The van der Waals surface area contributed by atoms with Crippen LogP contribution < -0.4 is 5.32 Å². The van der Waals surface area contributed by atoms with Crippen molar-refractivity contribution >= 4 is 40.2 Å². The number of likely N-dealkylation sites (N-methyl/N-ethyl adjacent to an activating group) is 1. The smallest absolute Gasteiger partial charge is 0.261 e. The molecule has 2 amide bonds. The Balaban J connectivity index is 0.00000225. The number of hydrogen-bond donors (Lipinski definition) is 1. The number of nitrogens with one attached hydrogen (secondary N) is 1. The van der Waals surface area contributed by atoms with Gasteiger partial charge in [-0.15, -0.1) is 12.4 Å². The van der Waals surface area contributed by atoms with Gasteiger partial charge in [-0.2, -0.15) is 4.98 Å². The average Bonchev–Trinajstić information content (AvgIpc) is 3.09. The molecule has 0 fully saturated rings. The van der Waals surface area contributed by atoms with Gasteiger partial charge in [0.1, 0.15) is 0 Å². The molecule has 0 radical (unpaired) electrons. The fraction of sp³-hybridized carbons (Fsp3) is 0.375. The largest absolute Gasteiger partial charge is 0.339 e. The van der Waals surface area contributed by atoms with Crippen molar-refractivity contribution in [3.63, 3.8) is 0 Å². The van der Waals surface area contributed by atoms with Crippen LogP contribution in [0.2, 0.25) is 0 Å². The van der Waals surface area contributed by atoms with Crippen molar-refractivity contribution in [2.45, 2.75) is 25.8 Å². The molecule has 1 aliphatic heterocycles. The molecule has 134 valence electrons. The predicted molar refractivity (Wildman–Crippen MR) is 97.0 cm³/mol. The van der Waals surface area contributed by atoms with E-state index in [-0.39, 0.29) is 36.8 Å². The van der Waals surface area contributed by atoms with E-state index in [1.54, 1.807) is 18.2 Å². The lowest BCUT2D eigenvalue weighted by Gasteiger charge is -2.11. The minimum absolute atomic E-state index is 0. The number of hydrogen-bond acceptors (Lipinski definition) is 6. The van der Waals surface area contributed by atoms with Gasteiger partial charge in [-0.05, 0) is 32.2 Å². The molecule has 0 bridgehead atoms. The normalized spacial score (nSPS) is 14.4. The van der Waals surface area contributed by atoms with Crippen LogP contribution in [0.25, 0.3) is 0 Å². The van der Waals surface area contributed by atoms with Gasteiger partial charge in [0, 0.05) is 29.9 Å². The van der Waals surface area contributed by atoms with Gasteiger partial charge in [-0.25, -0.2) is 0 Å². The van der Waals surface area contributed by atoms with Gasteiger partial charge < -0.3 is 9.84 Å². The average molecular weight is 430 g/mol. The molecule has 0 spiro atoms. The molecule has 3 rings (SSSR count). The predicted octanol–water partition coefficient (Wildman–Crippen LogP) is 2.24. The number of imide groups is 1. The Bertz CT molecular complexity index is 795. The molecule has 1 aromatic carbocycles. The molecule has 7 nitrogen and oxygen atoms in total. The first kappa shape index (κ1) is 19.6. The highest BCUT2D eigenvalue weighted by molar-refractivity contribution is 9.10. The first-order chi connectivity index (χ1) is 11.5. The molecular weight excluding hydrogens is 412 g/mol. The second-order valence-corrected chi connectivity index (χ2v) is 6.62. The van der Waals surface area contributed by atoms with Crippen LogP contribution in [0.5, 0.6) is 0 Å². The number of carbonyl (C=O) groups is 2. The summed E-state index contributed by atoms with van der Waals surface area (Å²) < 4.78 is 5.96. The Morgan fingerprint density at radius 2 is 2.00 bits per heavy atom. The molecule has 1 unspecified atom stereocenters. The topological polar surface area (TPSA) is 88.3 Å². The molecule has 2 aromatic rings. The molecule has 0 saturated heterocycles. The Hall–Kier alpha value is -1.77. The third kappa shape index (κ3) is 4.08. The summed E-state index contributed by atoms with van der Waals surface area (Å²) in [5.74, 6) is 0.454. The molecule has 1 atom stereocenters. The van der Waals surface area contributed by atoms with Gasteiger partial charge in [0.05, 0.1) is 11.1 Å². The zero-order chi connectivity index (χ0) is 17.3. The van der Waals surface area contributed by atoms with Crippen LogP contribution in [-0.2, 0) is 12.8 Å². The summed E-state index contributed by atoms with van der Waals surface area (Å²) in [5.41, 5.74) is 0.848. The van der Waals surface area contributed by atoms with Gasteiger partial charge in [-0.3, -0.25) is 14.5 Å². The Kier molecular flexibility index (Phi) is 6.31. The fourth-order valence-electron chi connectivity index (χ4n) is 2.52. The Labute approximate surface area is 159 Å². The summed E-state index contributed by atoms with van der Waals surface area (Å²) in [6, 6.07) is 5.31. The van der Waals surface area contributed by atoms with Crippen molar-refractivity contribution in [1.29, 1.82) is 0 Å². The standard InChI is InChI=1S/C16H17BrN4O3.ClH/c1-9(18-2)7-13-19-14(24-20-13)5-6-21-15(22)11-4-3-10(17)8-12(11)16(21)23;/h3-4,8-9,18H,5-7H2,1-2H3;1H. The number of benzene rings is 1. The van der Waals surface area contributed by atoms with Gasteiger partial charge in [-0.1, -0.05) is 21.1 Å². The Morgan fingerprint density at radius 3 is 2.72 bits per heavy atom. The summed E-state index contributed by atoms with van der Waals surface area (Å²) in [5, 5.41) is 7.02. The van der Waals surface area contributed by atoms with Gasteiger partial charge in [0.15, 0.2) is 5.82 Å². The maximum atomic E-state index is 12.4. The van der Waals surface area contributed by atoms with Gasteiger partial charge in [0.25, 0.3) is 11.8 Å². The van der Waals surface area contributed by atoms with Crippen LogP contribution in [0.15, 0.2) is 27.2 Å². The van der Waals surface area contributed by atoms with E-state index in [1.807, 2.05) is 14.0 Å². The summed E-state index contributed by atoms with van der Waals surface area (Å²) in [7, 11) is 1.87. The van der Waals surface area contributed by atoms with Crippen molar-refractivity contribution in [3.8, 4) is 0 Å². The van der Waals surface area contributed by atoms with E-state index in [9.17, 15) is 9.59 Å². The third-order valence-electron chi connectivity index (χ3n) is 3.97. The SMILES string of the molecule is CNC(C)Cc1noc(CCN2C(=O)c3ccc(Br)cc3C2=O)n1.Cl. The number of fused-ring (bicyclic) bond motifs is 1. The van der Waals surface area contributed by atoms with Gasteiger partial charge >= 0.3 is 0 Å². The lowest BCUT2D eigenvalue weighted by molar-refractivity contribution is 0.0653. The number of amides is 2. The quantitative estimate of drug-likeness (QED) is 0.709. The molecule has 1 aromatic heterocycles. The van der Waals surface area contributed by atoms with Crippen LogP contribution in [0.1, 0.15) is 39.4 Å². The van der Waals surface area contributed by atoms with Crippen LogP contribution in [0, 0.1) is 0 Å². The van der Waals surface area contributed by atoms with Crippen LogP contribution in [0.3, 0.4) is 0 Å². The van der Waals surface area contributed by atoms with Crippen molar-refractivity contribution in [2.75, 3.05) is 13.6 Å². The zero-order valence-corrected chi connectivity index (χ0v) is 16.2. The highest BCUT2D eigenvalue weighted by Gasteiger charge is 2.35. The second kappa shape index (κ2) is 8.07. The fourth-order valence-corrected chi connectivity index (χ4v) is 2.89. The number of rotatable bonds is 6. The van der Waals surface area contributed by atoms with E-state index in [0.29, 0.717) is 35.7 Å². The van der Waals surface area contributed by atoms with Crippen molar-refractivity contribution in [2.24, 2.45) is 0 Å². The second-order valence-electron chi connectivity index (χ2n) is 5.70. The van der Waals surface area contributed by atoms with E-state index in [2.05, 4.69) is 31.4 Å². The molecule has 1 aliphatic rings. The monoisotopic (exact) mass is 428 g/mol. The minimum atomic E-state index is -0.292. The van der Waals surface area contributed by atoms with Crippen molar-refractivity contribution < 1.29 is 14.1 Å². The maximum absolute atomic E-state index is 12.4.